The van der Waals surface area contributed by atoms with Gasteiger partial charge < -0.3 is 11.1 Å². The molecule has 19 heavy (non-hydrogen) atoms. The lowest BCUT2D eigenvalue weighted by molar-refractivity contribution is 0.511. The van der Waals surface area contributed by atoms with E-state index >= 15 is 0 Å². The Balaban J connectivity index is 2.41. The van der Waals surface area contributed by atoms with Crippen molar-refractivity contribution in [1.82, 2.24) is 9.78 Å². The highest BCUT2D eigenvalue weighted by Gasteiger charge is 2.17. The maximum atomic E-state index is 13.6. The van der Waals surface area contributed by atoms with Gasteiger partial charge in [-0.05, 0) is 18.1 Å². The van der Waals surface area contributed by atoms with Gasteiger partial charge >= 0.3 is 0 Å². The zero-order valence-electron chi connectivity index (χ0n) is 11.0. The highest BCUT2D eigenvalue weighted by Crippen LogP contribution is 2.31. The molecular weight excluding hydrogens is 250 g/mol. The second-order valence-electron chi connectivity index (χ2n) is 4.65. The molecule has 0 aliphatic heterocycles. The smallest absolute Gasteiger partial charge is 0.182 e. The van der Waals surface area contributed by atoms with E-state index in [1.54, 1.807) is 7.05 Å². The van der Waals surface area contributed by atoms with E-state index in [2.05, 4.69) is 10.4 Å². The summed E-state index contributed by atoms with van der Waals surface area (Å²) in [4.78, 5) is 0. The summed E-state index contributed by atoms with van der Waals surface area (Å²) in [5, 5.41) is 7.06. The first kappa shape index (κ1) is 13.3. The van der Waals surface area contributed by atoms with Crippen LogP contribution in [0.5, 0.6) is 0 Å². The van der Waals surface area contributed by atoms with Gasteiger partial charge in [-0.2, -0.15) is 5.10 Å². The van der Waals surface area contributed by atoms with E-state index in [0.717, 1.165) is 11.8 Å². The third-order valence-electron chi connectivity index (χ3n) is 2.86. The van der Waals surface area contributed by atoms with Crippen molar-refractivity contribution in [3.63, 3.8) is 0 Å². The average Bonchev–Trinajstić information content (AvgIpc) is 2.63. The summed E-state index contributed by atoms with van der Waals surface area (Å²) < 4.78 is 28.3. The molecule has 2 aromatic rings. The zero-order valence-corrected chi connectivity index (χ0v) is 11.0. The van der Waals surface area contributed by atoms with Crippen LogP contribution in [-0.4, -0.2) is 9.78 Å². The standard InChI is InChI=1S/C13H16F2N4/c1-7(2)12-11(16)13(19(3)18-12)17-9-6-4-5-8(14)10(9)15/h4-7,17H,16H2,1-3H3. The number of aromatic nitrogens is 2. The normalized spacial score (nSPS) is 11.1. The van der Waals surface area contributed by atoms with Crippen LogP contribution in [0.4, 0.5) is 26.0 Å². The average molecular weight is 266 g/mol. The molecule has 0 unspecified atom stereocenters. The molecule has 0 bridgehead atoms. The van der Waals surface area contributed by atoms with Gasteiger partial charge in [0.15, 0.2) is 17.5 Å². The number of halogens is 2. The van der Waals surface area contributed by atoms with Gasteiger partial charge in [0.05, 0.1) is 17.1 Å². The Morgan fingerprint density at radius 2 is 2.00 bits per heavy atom. The van der Waals surface area contributed by atoms with Gasteiger partial charge in [0.2, 0.25) is 0 Å². The lowest BCUT2D eigenvalue weighted by Gasteiger charge is -2.09. The summed E-state index contributed by atoms with van der Waals surface area (Å²) in [6, 6.07) is 3.93. The summed E-state index contributed by atoms with van der Waals surface area (Å²) in [6.07, 6.45) is 0. The maximum Gasteiger partial charge on any atom is 0.182 e. The van der Waals surface area contributed by atoms with Crippen molar-refractivity contribution in [2.75, 3.05) is 11.1 Å². The van der Waals surface area contributed by atoms with Crippen molar-refractivity contribution < 1.29 is 8.78 Å². The monoisotopic (exact) mass is 266 g/mol. The lowest BCUT2D eigenvalue weighted by Crippen LogP contribution is -2.03. The number of nitrogens with two attached hydrogens (primary N) is 1. The van der Waals surface area contributed by atoms with E-state index in [-0.39, 0.29) is 11.6 Å². The Bertz CT molecular complexity index is 605. The van der Waals surface area contributed by atoms with E-state index < -0.39 is 11.6 Å². The molecule has 102 valence electrons. The van der Waals surface area contributed by atoms with Crippen molar-refractivity contribution in [1.29, 1.82) is 0 Å². The SMILES string of the molecule is CC(C)c1nn(C)c(Nc2cccc(F)c2F)c1N. The van der Waals surface area contributed by atoms with E-state index in [1.165, 1.54) is 16.8 Å². The minimum atomic E-state index is -0.936. The molecule has 1 aromatic carbocycles. The summed E-state index contributed by atoms with van der Waals surface area (Å²) in [6.45, 7) is 3.93. The van der Waals surface area contributed by atoms with Gasteiger partial charge in [-0.25, -0.2) is 8.78 Å². The number of hydrogen-bond acceptors (Lipinski definition) is 3. The van der Waals surface area contributed by atoms with Crippen molar-refractivity contribution >= 4 is 17.2 Å². The molecule has 2 rings (SSSR count). The van der Waals surface area contributed by atoms with Crippen LogP contribution in [0.1, 0.15) is 25.5 Å². The Labute approximate surface area is 110 Å². The number of nitrogen functional groups attached to an aromatic ring is 1. The van der Waals surface area contributed by atoms with Crippen LogP contribution in [0, 0.1) is 11.6 Å². The molecule has 0 spiro atoms. The number of hydrogen-bond donors (Lipinski definition) is 2. The lowest BCUT2D eigenvalue weighted by atomic mass is 10.1. The van der Waals surface area contributed by atoms with Gasteiger partial charge in [-0.15, -0.1) is 0 Å². The zero-order chi connectivity index (χ0) is 14.2. The van der Waals surface area contributed by atoms with Crippen molar-refractivity contribution in [2.24, 2.45) is 7.05 Å². The second-order valence-corrected chi connectivity index (χ2v) is 4.65. The van der Waals surface area contributed by atoms with Crippen LogP contribution in [-0.2, 0) is 7.05 Å². The number of nitrogens with one attached hydrogen (secondary N) is 1. The van der Waals surface area contributed by atoms with E-state index in [0.29, 0.717) is 11.5 Å². The summed E-state index contributed by atoms with van der Waals surface area (Å²) in [5.74, 6) is -1.24. The van der Waals surface area contributed by atoms with Crippen LogP contribution in [0.3, 0.4) is 0 Å². The van der Waals surface area contributed by atoms with Crippen LogP contribution < -0.4 is 11.1 Å². The number of aryl methyl sites for hydroxylation is 1. The van der Waals surface area contributed by atoms with Crippen LogP contribution in [0.25, 0.3) is 0 Å². The van der Waals surface area contributed by atoms with Gasteiger partial charge in [-0.3, -0.25) is 4.68 Å². The minimum absolute atomic E-state index is 0.0324. The van der Waals surface area contributed by atoms with Gasteiger partial charge in [0.1, 0.15) is 0 Å². The molecule has 0 radical (unpaired) electrons. The molecule has 4 nitrogen and oxygen atoms in total. The van der Waals surface area contributed by atoms with Crippen molar-refractivity contribution in [3.8, 4) is 0 Å². The summed E-state index contributed by atoms with van der Waals surface area (Å²) in [5.41, 5.74) is 7.18. The molecule has 0 saturated heterocycles. The molecule has 0 amide bonds. The molecule has 3 N–H and O–H groups in total. The highest BCUT2D eigenvalue weighted by molar-refractivity contribution is 5.72. The Morgan fingerprint density at radius 3 is 2.58 bits per heavy atom. The predicted octanol–water partition coefficient (Wildman–Crippen LogP) is 3.15. The number of nitrogens with zero attached hydrogens (tertiary/aromatic N) is 2. The van der Waals surface area contributed by atoms with Crippen molar-refractivity contribution in [3.05, 3.63) is 35.5 Å². The fraction of sp³-hybridized carbons (Fsp3) is 0.308. The molecule has 0 aliphatic rings. The first-order valence-electron chi connectivity index (χ1n) is 5.95. The fourth-order valence-corrected chi connectivity index (χ4v) is 1.86. The molecule has 0 aliphatic carbocycles. The van der Waals surface area contributed by atoms with Crippen LogP contribution in [0.2, 0.25) is 0 Å². The number of anilines is 3. The third kappa shape index (κ3) is 2.38. The van der Waals surface area contributed by atoms with E-state index in [4.69, 9.17) is 5.73 Å². The second kappa shape index (κ2) is 4.87. The topological polar surface area (TPSA) is 55.9 Å². The quantitative estimate of drug-likeness (QED) is 0.897. The van der Waals surface area contributed by atoms with Crippen molar-refractivity contribution in [2.45, 2.75) is 19.8 Å². The molecule has 0 saturated carbocycles. The Kier molecular flexibility index (Phi) is 3.42. The molecule has 0 fully saturated rings. The fourth-order valence-electron chi connectivity index (χ4n) is 1.86. The number of rotatable bonds is 3. The highest BCUT2D eigenvalue weighted by atomic mass is 19.2. The van der Waals surface area contributed by atoms with E-state index in [1.807, 2.05) is 13.8 Å². The summed E-state index contributed by atoms with van der Waals surface area (Å²) >= 11 is 0. The van der Waals surface area contributed by atoms with E-state index in [9.17, 15) is 8.78 Å². The molecule has 1 aromatic heterocycles. The van der Waals surface area contributed by atoms with Gasteiger partial charge in [-0.1, -0.05) is 19.9 Å². The molecule has 1 heterocycles. The minimum Gasteiger partial charge on any atom is -0.394 e. The molecule has 0 atom stereocenters. The Morgan fingerprint density at radius 1 is 1.32 bits per heavy atom. The first-order valence-corrected chi connectivity index (χ1v) is 5.95. The Hall–Kier alpha value is -2.11. The number of benzene rings is 1. The van der Waals surface area contributed by atoms with Crippen LogP contribution >= 0.6 is 0 Å². The van der Waals surface area contributed by atoms with Crippen LogP contribution in [0.15, 0.2) is 18.2 Å². The molecule has 6 heteroatoms. The largest absolute Gasteiger partial charge is 0.394 e. The predicted molar refractivity (Wildman–Crippen MR) is 71.4 cm³/mol. The van der Waals surface area contributed by atoms with Gasteiger partial charge in [0.25, 0.3) is 0 Å². The summed E-state index contributed by atoms with van der Waals surface area (Å²) in [7, 11) is 1.70. The first-order chi connectivity index (χ1) is 8.91. The van der Waals surface area contributed by atoms with Gasteiger partial charge in [0, 0.05) is 7.05 Å². The maximum absolute atomic E-state index is 13.6. The third-order valence-corrected chi connectivity index (χ3v) is 2.86. The molecular formula is C13H16F2N4.